The lowest BCUT2D eigenvalue weighted by atomic mass is 10.1. The minimum atomic E-state index is -3.48. The highest BCUT2D eigenvalue weighted by atomic mass is 32.2. The van der Waals surface area contributed by atoms with E-state index in [2.05, 4.69) is 10.2 Å². The molecule has 2 heterocycles. The Balaban J connectivity index is 2.07. The van der Waals surface area contributed by atoms with Crippen molar-refractivity contribution in [3.8, 4) is 0 Å². The Morgan fingerprint density at radius 3 is 2.95 bits per heavy atom. The fourth-order valence-corrected chi connectivity index (χ4v) is 2.47. The zero-order chi connectivity index (χ0) is 14.0. The summed E-state index contributed by atoms with van der Waals surface area (Å²) in [7, 11) is -3.48. The molecule has 0 aliphatic rings. The SMILES string of the molecule is C[C@@H](CCc1cc2nncn2cc1F)OS(C)(=O)=O. The molecule has 8 heteroatoms. The quantitative estimate of drug-likeness (QED) is 0.772. The van der Waals surface area contributed by atoms with Gasteiger partial charge in [-0.05, 0) is 31.4 Å². The van der Waals surface area contributed by atoms with Gasteiger partial charge in [-0.25, -0.2) is 4.39 Å². The van der Waals surface area contributed by atoms with Crippen LogP contribution in [-0.2, 0) is 20.7 Å². The molecule has 19 heavy (non-hydrogen) atoms. The maximum atomic E-state index is 13.7. The third kappa shape index (κ3) is 3.71. The van der Waals surface area contributed by atoms with Crippen LogP contribution in [0.1, 0.15) is 18.9 Å². The molecule has 2 aromatic rings. The van der Waals surface area contributed by atoms with E-state index in [0.717, 1.165) is 6.26 Å². The van der Waals surface area contributed by atoms with Gasteiger partial charge in [-0.2, -0.15) is 8.42 Å². The first-order valence-electron chi connectivity index (χ1n) is 5.71. The van der Waals surface area contributed by atoms with Gasteiger partial charge in [0.2, 0.25) is 0 Å². The molecule has 0 amide bonds. The first kappa shape index (κ1) is 13.9. The zero-order valence-electron chi connectivity index (χ0n) is 10.6. The second-order valence-corrected chi connectivity index (χ2v) is 5.99. The Bertz CT molecular complexity index is 684. The van der Waals surface area contributed by atoms with E-state index >= 15 is 0 Å². The van der Waals surface area contributed by atoms with Crippen LogP contribution < -0.4 is 0 Å². The Kier molecular flexibility index (Phi) is 3.81. The van der Waals surface area contributed by atoms with Gasteiger partial charge in [0.25, 0.3) is 10.1 Å². The third-order valence-electron chi connectivity index (χ3n) is 2.62. The van der Waals surface area contributed by atoms with Gasteiger partial charge in [0, 0.05) is 6.20 Å². The van der Waals surface area contributed by atoms with Gasteiger partial charge in [0.1, 0.15) is 12.1 Å². The maximum Gasteiger partial charge on any atom is 0.264 e. The summed E-state index contributed by atoms with van der Waals surface area (Å²) in [6.45, 7) is 1.63. The second kappa shape index (κ2) is 5.22. The molecule has 0 aliphatic heterocycles. The van der Waals surface area contributed by atoms with Gasteiger partial charge in [-0.15, -0.1) is 10.2 Å². The number of fused-ring (bicyclic) bond motifs is 1. The van der Waals surface area contributed by atoms with Gasteiger partial charge in [-0.3, -0.25) is 8.58 Å². The van der Waals surface area contributed by atoms with Crippen molar-refractivity contribution in [2.45, 2.75) is 25.9 Å². The Hall–Kier alpha value is -1.54. The fraction of sp³-hybridized carbons (Fsp3) is 0.455. The summed E-state index contributed by atoms with van der Waals surface area (Å²) >= 11 is 0. The van der Waals surface area contributed by atoms with Crippen molar-refractivity contribution >= 4 is 15.8 Å². The molecule has 1 atom stereocenters. The van der Waals surface area contributed by atoms with Crippen LogP contribution in [0.3, 0.4) is 0 Å². The van der Waals surface area contributed by atoms with E-state index in [1.165, 1.54) is 16.9 Å². The Labute approximate surface area is 110 Å². The molecule has 0 aliphatic carbocycles. The molecule has 0 unspecified atom stereocenters. The molecule has 0 saturated carbocycles. The molecule has 0 aromatic carbocycles. The van der Waals surface area contributed by atoms with Gasteiger partial charge in [0.05, 0.1) is 12.4 Å². The lowest BCUT2D eigenvalue weighted by molar-refractivity contribution is 0.220. The summed E-state index contributed by atoms with van der Waals surface area (Å²) in [4.78, 5) is 0. The Morgan fingerprint density at radius 2 is 2.26 bits per heavy atom. The molecular weight excluding hydrogens is 273 g/mol. The Morgan fingerprint density at radius 1 is 1.53 bits per heavy atom. The lowest BCUT2D eigenvalue weighted by Crippen LogP contribution is -2.15. The van der Waals surface area contributed by atoms with Gasteiger partial charge in [0.15, 0.2) is 5.65 Å². The number of aryl methyl sites for hydroxylation is 1. The van der Waals surface area contributed by atoms with Crippen molar-refractivity contribution < 1.29 is 17.0 Å². The van der Waals surface area contributed by atoms with E-state index in [4.69, 9.17) is 4.18 Å². The predicted molar refractivity (Wildman–Crippen MR) is 66.7 cm³/mol. The molecule has 2 rings (SSSR count). The largest absolute Gasteiger partial charge is 0.286 e. The highest BCUT2D eigenvalue weighted by Gasteiger charge is 2.12. The molecule has 0 radical (unpaired) electrons. The summed E-state index contributed by atoms with van der Waals surface area (Å²) in [5, 5.41) is 7.50. The molecule has 0 N–H and O–H groups in total. The van der Waals surface area contributed by atoms with Crippen LogP contribution >= 0.6 is 0 Å². The van der Waals surface area contributed by atoms with Crippen molar-refractivity contribution in [2.24, 2.45) is 0 Å². The standard InChI is InChI=1S/C11H14FN3O3S/c1-8(18-19(2,16)17)3-4-9-5-11-14-13-7-15(11)6-10(9)12/h5-8H,3-4H2,1-2H3/t8-/m0/s1. The van der Waals surface area contributed by atoms with Crippen LogP contribution in [0.15, 0.2) is 18.6 Å². The molecule has 0 saturated heterocycles. The number of hydrogen-bond donors (Lipinski definition) is 0. The predicted octanol–water partition coefficient (Wildman–Crippen LogP) is 1.17. The molecule has 0 spiro atoms. The molecule has 0 fully saturated rings. The topological polar surface area (TPSA) is 73.6 Å². The number of pyridine rings is 1. The van der Waals surface area contributed by atoms with Crippen molar-refractivity contribution in [1.29, 1.82) is 0 Å². The van der Waals surface area contributed by atoms with Crippen LogP contribution in [0.25, 0.3) is 5.65 Å². The zero-order valence-corrected chi connectivity index (χ0v) is 11.4. The number of rotatable bonds is 5. The number of nitrogens with zero attached hydrogens (tertiary/aromatic N) is 3. The molecule has 104 valence electrons. The van der Waals surface area contributed by atoms with Crippen molar-refractivity contribution in [3.05, 3.63) is 30.0 Å². The first-order valence-corrected chi connectivity index (χ1v) is 7.53. The second-order valence-electron chi connectivity index (χ2n) is 4.39. The minimum Gasteiger partial charge on any atom is -0.286 e. The average molecular weight is 287 g/mol. The summed E-state index contributed by atoms with van der Waals surface area (Å²) in [6.07, 6.45) is 3.97. The van der Waals surface area contributed by atoms with Crippen LogP contribution in [0, 0.1) is 5.82 Å². The van der Waals surface area contributed by atoms with E-state index in [-0.39, 0.29) is 5.82 Å². The van der Waals surface area contributed by atoms with Crippen LogP contribution in [0.4, 0.5) is 4.39 Å². The maximum absolute atomic E-state index is 13.7. The number of aromatic nitrogens is 3. The first-order chi connectivity index (χ1) is 8.85. The summed E-state index contributed by atoms with van der Waals surface area (Å²) in [5.41, 5.74) is 1.01. The van der Waals surface area contributed by atoms with Crippen molar-refractivity contribution in [2.75, 3.05) is 6.26 Å². The minimum absolute atomic E-state index is 0.367. The van der Waals surface area contributed by atoms with E-state index in [0.29, 0.717) is 24.1 Å². The smallest absolute Gasteiger partial charge is 0.264 e. The number of hydrogen-bond acceptors (Lipinski definition) is 5. The monoisotopic (exact) mass is 287 g/mol. The molecule has 2 aromatic heterocycles. The summed E-state index contributed by atoms with van der Waals surface area (Å²) in [5.74, 6) is -0.376. The van der Waals surface area contributed by atoms with Crippen LogP contribution in [0.2, 0.25) is 0 Å². The molecule has 6 nitrogen and oxygen atoms in total. The van der Waals surface area contributed by atoms with Crippen LogP contribution in [0.5, 0.6) is 0 Å². The highest BCUT2D eigenvalue weighted by Crippen LogP contribution is 2.14. The highest BCUT2D eigenvalue weighted by molar-refractivity contribution is 7.86. The fourth-order valence-electron chi connectivity index (χ4n) is 1.78. The normalized spacial score (nSPS) is 13.8. The van der Waals surface area contributed by atoms with E-state index < -0.39 is 16.2 Å². The third-order valence-corrected chi connectivity index (χ3v) is 3.30. The lowest BCUT2D eigenvalue weighted by Gasteiger charge is -2.11. The van der Waals surface area contributed by atoms with Gasteiger partial charge < -0.3 is 0 Å². The average Bonchev–Trinajstić information content (AvgIpc) is 2.70. The van der Waals surface area contributed by atoms with E-state index in [9.17, 15) is 12.8 Å². The van der Waals surface area contributed by atoms with Crippen LogP contribution in [-0.4, -0.2) is 35.4 Å². The van der Waals surface area contributed by atoms with Gasteiger partial charge >= 0.3 is 0 Å². The molecule has 0 bridgehead atoms. The summed E-state index contributed by atoms with van der Waals surface area (Å²) in [6, 6.07) is 1.59. The van der Waals surface area contributed by atoms with Gasteiger partial charge in [-0.1, -0.05) is 0 Å². The van der Waals surface area contributed by atoms with Crippen molar-refractivity contribution in [3.63, 3.8) is 0 Å². The van der Waals surface area contributed by atoms with Crippen molar-refractivity contribution in [1.82, 2.24) is 14.6 Å². The molecular formula is C11H14FN3O3S. The number of halogens is 1. The van der Waals surface area contributed by atoms with E-state index in [1.807, 2.05) is 0 Å². The summed E-state index contributed by atoms with van der Waals surface area (Å²) < 4.78 is 41.9. The van der Waals surface area contributed by atoms with E-state index in [1.54, 1.807) is 13.0 Å².